The summed E-state index contributed by atoms with van der Waals surface area (Å²) in [4.78, 5) is 12.9. The molecule has 1 aromatic carbocycles. The van der Waals surface area contributed by atoms with Gasteiger partial charge in [-0.15, -0.1) is 0 Å². The average molecular weight is 296 g/mol. The molecule has 0 saturated heterocycles. The highest BCUT2D eigenvalue weighted by Gasteiger charge is 2.14. The van der Waals surface area contributed by atoms with Crippen molar-refractivity contribution < 1.29 is 4.79 Å². The first-order chi connectivity index (χ1) is 7.93. The van der Waals surface area contributed by atoms with Gasteiger partial charge in [0.1, 0.15) is 0 Å². The number of primary amides is 1. The third-order valence-electron chi connectivity index (χ3n) is 2.29. The molecule has 0 saturated carbocycles. The number of hydrogen-bond donors (Lipinski definition) is 1. The first-order valence-corrected chi connectivity index (χ1v) is 5.99. The van der Waals surface area contributed by atoms with Crippen LogP contribution in [-0.2, 0) is 4.79 Å². The number of benzene rings is 1. The van der Waals surface area contributed by atoms with E-state index in [-0.39, 0.29) is 12.6 Å². The minimum absolute atomic E-state index is 0.128. The maximum Gasteiger partial charge on any atom is 0.236 e. The molecule has 0 aliphatic rings. The zero-order valence-corrected chi connectivity index (χ0v) is 11.4. The largest absolute Gasteiger partial charge is 0.368 e. The van der Waals surface area contributed by atoms with E-state index >= 15 is 0 Å². The number of nitriles is 1. The fraction of sp³-hybridized carbons (Fsp3) is 0.333. The molecule has 4 nitrogen and oxygen atoms in total. The van der Waals surface area contributed by atoms with Crippen LogP contribution in [0.3, 0.4) is 0 Å². The van der Waals surface area contributed by atoms with Gasteiger partial charge in [0.2, 0.25) is 5.91 Å². The van der Waals surface area contributed by atoms with Crippen molar-refractivity contribution in [3.8, 4) is 6.07 Å². The molecule has 0 heterocycles. The maximum atomic E-state index is 11.0. The van der Waals surface area contributed by atoms with Crippen molar-refractivity contribution in [2.45, 2.75) is 19.9 Å². The summed E-state index contributed by atoms with van der Waals surface area (Å²) < 4.78 is 0.807. The molecule has 0 atom stereocenters. The fourth-order valence-electron chi connectivity index (χ4n) is 1.54. The Balaban J connectivity index is 3.14. The van der Waals surface area contributed by atoms with Gasteiger partial charge in [-0.2, -0.15) is 5.26 Å². The summed E-state index contributed by atoms with van der Waals surface area (Å²) in [5.41, 5.74) is 6.58. The molecule has 2 N–H and O–H groups in total. The Morgan fingerprint density at radius 1 is 1.53 bits per heavy atom. The van der Waals surface area contributed by atoms with Crippen molar-refractivity contribution >= 4 is 27.5 Å². The van der Waals surface area contributed by atoms with Crippen LogP contribution in [0.2, 0.25) is 0 Å². The van der Waals surface area contributed by atoms with Gasteiger partial charge >= 0.3 is 0 Å². The minimum atomic E-state index is -0.391. The van der Waals surface area contributed by atoms with Crippen LogP contribution in [0.1, 0.15) is 19.4 Å². The standard InChI is InChI=1S/C12H14BrN3O/c1-8(2)16(7-12(15)17)11-4-9(6-14)3-10(13)5-11/h3-5,8H,7H2,1-2H3,(H2,15,17). The van der Waals surface area contributed by atoms with Crippen LogP contribution in [0.4, 0.5) is 5.69 Å². The molecule has 0 bridgehead atoms. The number of carbonyl (C=O) groups is 1. The SMILES string of the molecule is CC(C)N(CC(N)=O)c1cc(Br)cc(C#N)c1. The molecule has 0 radical (unpaired) electrons. The van der Waals surface area contributed by atoms with E-state index in [1.54, 1.807) is 12.1 Å². The molecule has 5 heteroatoms. The van der Waals surface area contributed by atoms with Gasteiger partial charge in [-0.25, -0.2) is 0 Å². The molecule has 1 amide bonds. The lowest BCUT2D eigenvalue weighted by molar-refractivity contribution is -0.116. The van der Waals surface area contributed by atoms with E-state index in [0.717, 1.165) is 10.2 Å². The number of anilines is 1. The molecule has 90 valence electrons. The van der Waals surface area contributed by atoms with Gasteiger partial charge in [0.05, 0.1) is 18.2 Å². The maximum absolute atomic E-state index is 11.0. The van der Waals surface area contributed by atoms with E-state index in [1.165, 1.54) is 0 Å². The molecule has 0 aromatic heterocycles. The van der Waals surface area contributed by atoms with Gasteiger partial charge in [0, 0.05) is 16.2 Å². The van der Waals surface area contributed by atoms with E-state index < -0.39 is 5.91 Å². The molecule has 0 unspecified atom stereocenters. The van der Waals surface area contributed by atoms with Crippen molar-refractivity contribution in [1.29, 1.82) is 5.26 Å². The third-order valence-corrected chi connectivity index (χ3v) is 2.75. The molecule has 0 aliphatic heterocycles. The van der Waals surface area contributed by atoms with Crippen LogP contribution in [0.25, 0.3) is 0 Å². The van der Waals surface area contributed by atoms with Gasteiger partial charge in [-0.1, -0.05) is 15.9 Å². The summed E-state index contributed by atoms with van der Waals surface area (Å²) in [5.74, 6) is -0.391. The zero-order chi connectivity index (χ0) is 13.0. The highest BCUT2D eigenvalue weighted by molar-refractivity contribution is 9.10. The molecule has 0 aliphatic carbocycles. The number of nitrogens with two attached hydrogens (primary N) is 1. The Kier molecular flexibility index (Phi) is 4.53. The second kappa shape index (κ2) is 5.69. The Labute approximate surface area is 109 Å². The highest BCUT2D eigenvalue weighted by atomic mass is 79.9. The molecular formula is C12H14BrN3O. The van der Waals surface area contributed by atoms with E-state index in [0.29, 0.717) is 5.56 Å². The normalized spacial score (nSPS) is 10.1. The van der Waals surface area contributed by atoms with Gasteiger partial charge in [0.25, 0.3) is 0 Å². The van der Waals surface area contributed by atoms with Crippen molar-refractivity contribution in [2.75, 3.05) is 11.4 Å². The number of amides is 1. The van der Waals surface area contributed by atoms with Crippen molar-refractivity contribution in [3.63, 3.8) is 0 Å². The zero-order valence-electron chi connectivity index (χ0n) is 9.77. The quantitative estimate of drug-likeness (QED) is 0.924. The third kappa shape index (κ3) is 3.75. The first kappa shape index (κ1) is 13.5. The summed E-state index contributed by atoms with van der Waals surface area (Å²) >= 11 is 3.34. The lowest BCUT2D eigenvalue weighted by Gasteiger charge is -2.27. The van der Waals surface area contributed by atoms with Gasteiger partial charge in [-0.05, 0) is 32.0 Å². The number of nitrogens with zero attached hydrogens (tertiary/aromatic N) is 2. The Bertz CT molecular complexity index is 465. The second-order valence-electron chi connectivity index (χ2n) is 4.00. The molecule has 1 aromatic rings. The first-order valence-electron chi connectivity index (χ1n) is 5.19. The van der Waals surface area contributed by atoms with Crippen LogP contribution in [0, 0.1) is 11.3 Å². The predicted molar refractivity (Wildman–Crippen MR) is 70.5 cm³/mol. The smallest absolute Gasteiger partial charge is 0.236 e. The monoisotopic (exact) mass is 295 g/mol. The topological polar surface area (TPSA) is 70.1 Å². The molecule has 0 spiro atoms. The lowest BCUT2D eigenvalue weighted by atomic mass is 10.1. The summed E-state index contributed by atoms with van der Waals surface area (Å²) in [6.07, 6.45) is 0. The molecular weight excluding hydrogens is 282 g/mol. The van der Waals surface area contributed by atoms with Crippen molar-refractivity contribution in [2.24, 2.45) is 5.73 Å². The fourth-order valence-corrected chi connectivity index (χ4v) is 2.03. The van der Waals surface area contributed by atoms with Gasteiger partial charge in [-0.3, -0.25) is 4.79 Å². The number of carbonyl (C=O) groups excluding carboxylic acids is 1. The Morgan fingerprint density at radius 2 is 2.18 bits per heavy atom. The number of halogens is 1. The Morgan fingerprint density at radius 3 is 2.65 bits per heavy atom. The van der Waals surface area contributed by atoms with Crippen LogP contribution >= 0.6 is 15.9 Å². The van der Waals surface area contributed by atoms with Crippen LogP contribution in [0.15, 0.2) is 22.7 Å². The van der Waals surface area contributed by atoms with Gasteiger partial charge < -0.3 is 10.6 Å². The van der Waals surface area contributed by atoms with E-state index in [4.69, 9.17) is 11.0 Å². The Hall–Kier alpha value is -1.54. The average Bonchev–Trinajstić information content (AvgIpc) is 2.24. The summed E-state index contributed by atoms with van der Waals surface area (Å²) in [6.45, 7) is 4.07. The summed E-state index contributed by atoms with van der Waals surface area (Å²) in [7, 11) is 0. The predicted octanol–water partition coefficient (Wildman–Crippen LogP) is 2.02. The minimum Gasteiger partial charge on any atom is -0.368 e. The molecule has 1 rings (SSSR count). The van der Waals surface area contributed by atoms with Crippen LogP contribution < -0.4 is 10.6 Å². The number of rotatable bonds is 4. The number of hydrogen-bond acceptors (Lipinski definition) is 3. The van der Waals surface area contributed by atoms with Crippen LogP contribution in [-0.4, -0.2) is 18.5 Å². The van der Waals surface area contributed by atoms with Gasteiger partial charge in [0.15, 0.2) is 0 Å². The van der Waals surface area contributed by atoms with E-state index in [9.17, 15) is 4.79 Å². The highest BCUT2D eigenvalue weighted by Crippen LogP contribution is 2.24. The molecule has 17 heavy (non-hydrogen) atoms. The summed E-state index contributed by atoms with van der Waals surface area (Å²) in [6, 6.07) is 7.55. The van der Waals surface area contributed by atoms with Crippen molar-refractivity contribution in [1.82, 2.24) is 0 Å². The lowest BCUT2D eigenvalue weighted by Crippen LogP contribution is -2.38. The van der Waals surface area contributed by atoms with E-state index in [2.05, 4.69) is 22.0 Å². The second-order valence-corrected chi connectivity index (χ2v) is 4.91. The van der Waals surface area contributed by atoms with Crippen LogP contribution in [0.5, 0.6) is 0 Å². The van der Waals surface area contributed by atoms with Crippen molar-refractivity contribution in [3.05, 3.63) is 28.2 Å². The molecule has 0 fully saturated rings. The summed E-state index contributed by atoms with van der Waals surface area (Å²) in [5, 5.41) is 8.91. The van der Waals surface area contributed by atoms with E-state index in [1.807, 2.05) is 24.8 Å².